The van der Waals surface area contributed by atoms with E-state index in [2.05, 4.69) is 5.32 Å². The molecule has 1 saturated heterocycles. The number of aliphatic carboxylic acids is 1. The Kier molecular flexibility index (Phi) is 2.24. The highest BCUT2D eigenvalue weighted by molar-refractivity contribution is 5.70. The smallest absolute Gasteiger partial charge is 0.307 e. The van der Waals surface area contributed by atoms with Crippen LogP contribution in [-0.4, -0.2) is 35.4 Å². The Hall–Kier alpha value is -0.610. The van der Waals surface area contributed by atoms with Crippen molar-refractivity contribution in [1.82, 2.24) is 5.32 Å². The van der Waals surface area contributed by atoms with Crippen LogP contribution in [0.4, 0.5) is 0 Å². The van der Waals surface area contributed by atoms with Gasteiger partial charge in [-0.3, -0.25) is 4.79 Å². The van der Waals surface area contributed by atoms with E-state index in [1.165, 1.54) is 0 Å². The number of carbonyl (C=O) groups is 1. The van der Waals surface area contributed by atoms with Crippen LogP contribution >= 0.6 is 0 Å². The van der Waals surface area contributed by atoms with Crippen molar-refractivity contribution in [3.8, 4) is 0 Å². The summed E-state index contributed by atoms with van der Waals surface area (Å²) in [6.07, 6.45) is 0.547. The van der Waals surface area contributed by atoms with Gasteiger partial charge in [-0.05, 0) is 6.42 Å². The standard InChI is InChI=1S/C6H11NO3/c8-3-5-1-4(2-7-5)6(9)10/h4-5,7-8H,1-3H2,(H,9,10)/t4?,5-/m0/s1. The first-order valence-electron chi connectivity index (χ1n) is 3.31. The van der Waals surface area contributed by atoms with Crippen molar-refractivity contribution in [1.29, 1.82) is 0 Å². The Bertz CT molecular complexity index is 137. The number of hydrogen-bond donors (Lipinski definition) is 3. The normalized spacial score (nSPS) is 32.5. The van der Waals surface area contributed by atoms with Crippen molar-refractivity contribution in [2.75, 3.05) is 13.2 Å². The van der Waals surface area contributed by atoms with Gasteiger partial charge in [-0.1, -0.05) is 0 Å². The molecular formula is C6H11NO3. The Balaban J connectivity index is 2.35. The quantitative estimate of drug-likeness (QED) is 0.468. The molecule has 1 aliphatic heterocycles. The molecule has 1 rings (SSSR count). The molecule has 0 bridgehead atoms. The second-order valence-electron chi connectivity index (χ2n) is 2.56. The minimum Gasteiger partial charge on any atom is -0.481 e. The molecule has 0 saturated carbocycles. The SMILES string of the molecule is O=C(O)C1CN[C@H](CO)C1. The van der Waals surface area contributed by atoms with E-state index < -0.39 is 5.97 Å². The van der Waals surface area contributed by atoms with Crippen LogP contribution in [0.25, 0.3) is 0 Å². The Morgan fingerprint density at radius 2 is 2.40 bits per heavy atom. The van der Waals surface area contributed by atoms with Gasteiger partial charge in [0.25, 0.3) is 0 Å². The lowest BCUT2D eigenvalue weighted by Crippen LogP contribution is -2.24. The van der Waals surface area contributed by atoms with Crippen LogP contribution in [0.1, 0.15) is 6.42 Å². The zero-order valence-electron chi connectivity index (χ0n) is 5.58. The third-order valence-corrected chi connectivity index (χ3v) is 1.79. The molecule has 0 amide bonds. The minimum absolute atomic E-state index is 0.0129. The van der Waals surface area contributed by atoms with Gasteiger partial charge in [0, 0.05) is 12.6 Å². The fourth-order valence-corrected chi connectivity index (χ4v) is 1.15. The van der Waals surface area contributed by atoms with Gasteiger partial charge in [0.1, 0.15) is 0 Å². The Morgan fingerprint density at radius 1 is 1.70 bits per heavy atom. The van der Waals surface area contributed by atoms with Crippen LogP contribution in [-0.2, 0) is 4.79 Å². The van der Waals surface area contributed by atoms with Crippen LogP contribution in [0.15, 0.2) is 0 Å². The van der Waals surface area contributed by atoms with Gasteiger partial charge >= 0.3 is 5.97 Å². The molecule has 3 N–H and O–H groups in total. The summed E-state index contributed by atoms with van der Waals surface area (Å²) in [6, 6.07) is -0.0129. The zero-order valence-corrected chi connectivity index (χ0v) is 5.58. The van der Waals surface area contributed by atoms with E-state index in [-0.39, 0.29) is 18.6 Å². The maximum absolute atomic E-state index is 10.3. The third-order valence-electron chi connectivity index (χ3n) is 1.79. The molecule has 1 fully saturated rings. The van der Waals surface area contributed by atoms with Gasteiger partial charge in [-0.15, -0.1) is 0 Å². The van der Waals surface area contributed by atoms with Gasteiger partial charge in [0.2, 0.25) is 0 Å². The number of carboxylic acids is 1. The van der Waals surface area contributed by atoms with Crippen molar-refractivity contribution in [2.45, 2.75) is 12.5 Å². The lowest BCUT2D eigenvalue weighted by Gasteiger charge is -2.02. The van der Waals surface area contributed by atoms with E-state index in [1.807, 2.05) is 0 Å². The molecule has 4 heteroatoms. The average molecular weight is 145 g/mol. The van der Waals surface area contributed by atoms with Gasteiger partial charge < -0.3 is 15.5 Å². The van der Waals surface area contributed by atoms with Gasteiger partial charge in [0.05, 0.1) is 12.5 Å². The Labute approximate surface area is 58.9 Å². The molecule has 0 aromatic rings. The minimum atomic E-state index is -0.775. The molecule has 4 nitrogen and oxygen atoms in total. The van der Waals surface area contributed by atoms with Crippen molar-refractivity contribution in [3.05, 3.63) is 0 Å². The number of nitrogens with one attached hydrogen (secondary N) is 1. The largest absolute Gasteiger partial charge is 0.481 e. The summed E-state index contributed by atoms with van der Waals surface area (Å²) in [5, 5.41) is 20.0. The number of aliphatic hydroxyl groups is 1. The molecule has 1 unspecified atom stereocenters. The molecule has 0 radical (unpaired) electrons. The zero-order chi connectivity index (χ0) is 7.56. The van der Waals surface area contributed by atoms with Crippen molar-refractivity contribution < 1.29 is 15.0 Å². The van der Waals surface area contributed by atoms with Crippen LogP contribution in [0.3, 0.4) is 0 Å². The van der Waals surface area contributed by atoms with Crippen molar-refractivity contribution in [3.63, 3.8) is 0 Å². The molecule has 0 spiro atoms. The molecule has 0 aliphatic carbocycles. The second-order valence-corrected chi connectivity index (χ2v) is 2.56. The molecular weight excluding hydrogens is 134 g/mol. The highest BCUT2D eigenvalue weighted by Gasteiger charge is 2.28. The van der Waals surface area contributed by atoms with Gasteiger partial charge in [0.15, 0.2) is 0 Å². The van der Waals surface area contributed by atoms with E-state index >= 15 is 0 Å². The first-order valence-corrected chi connectivity index (χ1v) is 3.31. The van der Waals surface area contributed by atoms with E-state index in [4.69, 9.17) is 10.2 Å². The first-order chi connectivity index (χ1) is 4.74. The summed E-state index contributed by atoms with van der Waals surface area (Å²) in [7, 11) is 0. The summed E-state index contributed by atoms with van der Waals surface area (Å²) in [6.45, 7) is 0.518. The molecule has 1 aliphatic rings. The lowest BCUT2D eigenvalue weighted by molar-refractivity contribution is -0.141. The lowest BCUT2D eigenvalue weighted by atomic mass is 10.1. The number of rotatable bonds is 2. The number of aliphatic hydroxyl groups excluding tert-OH is 1. The van der Waals surface area contributed by atoms with E-state index in [0.717, 1.165) is 0 Å². The molecule has 2 atom stereocenters. The third kappa shape index (κ3) is 1.46. The topological polar surface area (TPSA) is 69.6 Å². The highest BCUT2D eigenvalue weighted by Crippen LogP contribution is 2.12. The average Bonchev–Trinajstić information content (AvgIpc) is 2.34. The van der Waals surface area contributed by atoms with E-state index in [9.17, 15) is 4.79 Å². The molecule has 10 heavy (non-hydrogen) atoms. The monoisotopic (exact) mass is 145 g/mol. The molecule has 58 valence electrons. The van der Waals surface area contributed by atoms with Gasteiger partial charge in [-0.2, -0.15) is 0 Å². The molecule has 0 aromatic heterocycles. The van der Waals surface area contributed by atoms with Gasteiger partial charge in [-0.25, -0.2) is 0 Å². The van der Waals surface area contributed by atoms with E-state index in [0.29, 0.717) is 13.0 Å². The predicted octanol–water partition coefficient (Wildman–Crippen LogP) is -0.959. The summed E-state index contributed by atoms with van der Waals surface area (Å²) in [4.78, 5) is 10.3. The van der Waals surface area contributed by atoms with Crippen LogP contribution in [0, 0.1) is 5.92 Å². The van der Waals surface area contributed by atoms with Crippen LogP contribution < -0.4 is 5.32 Å². The van der Waals surface area contributed by atoms with Crippen LogP contribution in [0.2, 0.25) is 0 Å². The highest BCUT2D eigenvalue weighted by atomic mass is 16.4. The fourth-order valence-electron chi connectivity index (χ4n) is 1.15. The van der Waals surface area contributed by atoms with Crippen LogP contribution in [0.5, 0.6) is 0 Å². The predicted molar refractivity (Wildman–Crippen MR) is 34.6 cm³/mol. The molecule has 0 aromatic carbocycles. The summed E-state index contributed by atoms with van der Waals surface area (Å²) in [5.74, 6) is -1.08. The number of carboxylic acid groups (broad SMARTS) is 1. The summed E-state index contributed by atoms with van der Waals surface area (Å²) < 4.78 is 0. The second kappa shape index (κ2) is 2.98. The van der Waals surface area contributed by atoms with E-state index in [1.54, 1.807) is 0 Å². The Morgan fingerprint density at radius 3 is 2.70 bits per heavy atom. The van der Waals surface area contributed by atoms with Crippen molar-refractivity contribution in [2.24, 2.45) is 5.92 Å². The number of hydrogen-bond acceptors (Lipinski definition) is 3. The fraction of sp³-hybridized carbons (Fsp3) is 0.833. The summed E-state index contributed by atoms with van der Waals surface area (Å²) >= 11 is 0. The maximum Gasteiger partial charge on any atom is 0.307 e. The maximum atomic E-state index is 10.3. The summed E-state index contributed by atoms with van der Waals surface area (Å²) in [5.41, 5.74) is 0. The molecule has 1 heterocycles. The first kappa shape index (κ1) is 7.50. The van der Waals surface area contributed by atoms with Crippen molar-refractivity contribution >= 4 is 5.97 Å².